The zero-order valence-electron chi connectivity index (χ0n) is 37.4. The molecule has 0 fully saturated rings. The number of fused-ring (bicyclic) bond motifs is 6. The van der Waals surface area contributed by atoms with E-state index in [0.29, 0.717) is 64.9 Å². The molecular weight excluding hydrogens is 875 g/mol. The number of nitrogens with zero attached hydrogens (tertiary/aromatic N) is 18. The molecule has 0 aliphatic heterocycles. The number of hydrogen-bond acceptors (Lipinski definition) is 18. The van der Waals surface area contributed by atoms with E-state index < -0.39 is 6.10 Å². The summed E-state index contributed by atoms with van der Waals surface area (Å²) in [5.74, 6) is -0.135. The van der Waals surface area contributed by atoms with Gasteiger partial charge in [-0.2, -0.15) is 0 Å². The molecule has 2 unspecified atom stereocenters. The third kappa shape index (κ3) is 9.61. The molecule has 9 heterocycles. The molecule has 0 amide bonds. The van der Waals surface area contributed by atoms with Crippen molar-refractivity contribution in [2.75, 3.05) is 0 Å². The first-order chi connectivity index (χ1) is 33.6. The van der Waals surface area contributed by atoms with E-state index in [2.05, 4.69) is 94.0 Å². The summed E-state index contributed by atoms with van der Waals surface area (Å²) in [6.07, 6.45) is 9.25. The third-order valence-corrected chi connectivity index (χ3v) is 11.0. The minimum atomic E-state index is -0.679. The summed E-state index contributed by atoms with van der Waals surface area (Å²) in [5, 5.41) is 37.3. The molecule has 0 radical (unpaired) electrons. The molecule has 0 saturated carbocycles. The maximum atomic E-state index is 11.5. The Hall–Kier alpha value is -9.08. The maximum Gasteiger partial charge on any atom is 0.221 e. The van der Waals surface area contributed by atoms with Gasteiger partial charge in [-0.3, -0.25) is 19.7 Å². The van der Waals surface area contributed by atoms with Crippen LogP contribution in [0.2, 0.25) is 0 Å². The van der Waals surface area contributed by atoms with Gasteiger partial charge in [0.1, 0.15) is 5.69 Å². The molecule has 0 saturated heterocycles. The number of aliphatic hydroxyl groups is 1. The number of aromatic nitrogens is 18. The predicted molar refractivity (Wildman–Crippen MR) is 255 cm³/mol. The van der Waals surface area contributed by atoms with Gasteiger partial charge in [-0.25, -0.2) is 43.9 Å². The number of benzene rings is 3. The summed E-state index contributed by atoms with van der Waals surface area (Å²) in [7, 11) is 0. The van der Waals surface area contributed by atoms with Crippen LogP contribution in [0.25, 0.3) is 66.6 Å². The first-order valence-corrected chi connectivity index (χ1v) is 21.8. The lowest BCUT2D eigenvalue weighted by Crippen LogP contribution is -2.09. The maximum absolute atomic E-state index is 11.5. The van der Waals surface area contributed by atoms with Crippen molar-refractivity contribution in [2.45, 2.75) is 52.6 Å². The first kappa shape index (κ1) is 43.8. The fourth-order valence-electron chi connectivity index (χ4n) is 7.39. The molecule has 3 aromatic carbocycles. The smallest absolute Gasteiger partial charge is 0.221 e. The van der Waals surface area contributed by atoms with E-state index in [1.807, 2.05) is 79.7 Å². The predicted octanol–water partition coefficient (Wildman–Crippen LogP) is 5.73. The zero-order chi connectivity index (χ0) is 47.4. The fourth-order valence-corrected chi connectivity index (χ4v) is 7.39. The highest BCUT2D eigenvalue weighted by atomic mass is 16.3. The number of ketones is 1. The highest BCUT2D eigenvalue weighted by Crippen LogP contribution is 2.20. The monoisotopic (exact) mass is 915 g/mol. The van der Waals surface area contributed by atoms with Gasteiger partial charge in [0, 0.05) is 47.7 Å². The van der Waals surface area contributed by atoms with Crippen LogP contribution in [0.15, 0.2) is 128 Å². The molecule has 0 bridgehead atoms. The largest absolute Gasteiger partial charge is 0.387 e. The van der Waals surface area contributed by atoms with Crippen LogP contribution in [-0.2, 0) is 19.6 Å². The van der Waals surface area contributed by atoms with Crippen molar-refractivity contribution in [1.82, 2.24) is 89.8 Å². The number of Topliss-reactive ketones (excluding diaryl/α,β-unsaturated/α-hetero) is 1. The summed E-state index contributed by atoms with van der Waals surface area (Å²) < 4.78 is 5.07. The second-order valence-corrected chi connectivity index (χ2v) is 16.1. The van der Waals surface area contributed by atoms with Crippen LogP contribution >= 0.6 is 0 Å². The summed E-state index contributed by atoms with van der Waals surface area (Å²) in [6.45, 7) is 6.58. The first-order valence-electron chi connectivity index (χ1n) is 21.8. The van der Waals surface area contributed by atoms with Crippen molar-refractivity contribution in [3.05, 3.63) is 162 Å². The molecule has 21 nitrogen and oxygen atoms in total. The van der Waals surface area contributed by atoms with Crippen molar-refractivity contribution >= 4 is 72.4 Å². The lowest BCUT2D eigenvalue weighted by molar-refractivity contribution is 0.101. The minimum absolute atomic E-state index is 0.135. The standard InChI is InChI=1S/C16H15N7.C16H14N6O.C16H12N6O/c1-10(17)14-8-19-15-16(20-14)23(22-21-15)9-11-4-5-13-12(7-11)3-2-6-18-13;2*1-10(23)14-8-18-15-16(19-14)22(21-20-15)9-11-4-5-13-12(7-11)3-2-6-17-13/h2-8,10H,9,17H2,1H3;2-8,10,23H,9H2,1H3;2-8H,9H2,1H3. The molecule has 2 atom stereocenters. The average Bonchev–Trinajstić information content (AvgIpc) is 4.10. The second kappa shape index (κ2) is 19.0. The van der Waals surface area contributed by atoms with Crippen molar-refractivity contribution in [3.63, 3.8) is 0 Å². The number of rotatable bonds is 9. The van der Waals surface area contributed by atoms with Crippen LogP contribution in [0.5, 0.6) is 0 Å². The highest BCUT2D eigenvalue weighted by Gasteiger charge is 2.15. The number of pyridine rings is 3. The summed E-state index contributed by atoms with van der Waals surface area (Å²) in [4.78, 5) is 50.2. The van der Waals surface area contributed by atoms with Crippen molar-refractivity contribution in [2.24, 2.45) is 5.73 Å². The molecule has 9 aromatic heterocycles. The van der Waals surface area contributed by atoms with E-state index >= 15 is 0 Å². The molecule has 12 aromatic rings. The Morgan fingerprint density at radius 3 is 1.33 bits per heavy atom. The molecule has 21 heteroatoms. The third-order valence-electron chi connectivity index (χ3n) is 11.0. The van der Waals surface area contributed by atoms with Crippen LogP contribution in [0.4, 0.5) is 0 Å². The van der Waals surface area contributed by atoms with Crippen molar-refractivity contribution in [1.29, 1.82) is 0 Å². The fraction of sp³-hybridized carbons (Fsp3) is 0.167. The Morgan fingerprint density at radius 2 is 0.928 bits per heavy atom. The Bertz CT molecular complexity index is 3650. The quantitative estimate of drug-likeness (QED) is 0.164. The molecule has 0 spiro atoms. The van der Waals surface area contributed by atoms with Crippen LogP contribution in [-0.4, -0.2) is 101 Å². The van der Waals surface area contributed by atoms with E-state index in [-0.39, 0.29) is 11.8 Å². The van der Waals surface area contributed by atoms with E-state index in [1.165, 1.54) is 19.3 Å². The second-order valence-electron chi connectivity index (χ2n) is 16.1. The van der Waals surface area contributed by atoms with Gasteiger partial charge >= 0.3 is 0 Å². The summed E-state index contributed by atoms with van der Waals surface area (Å²) in [6, 6.07) is 29.9. The van der Waals surface area contributed by atoms with Crippen molar-refractivity contribution in [3.8, 4) is 0 Å². The average molecular weight is 916 g/mol. The lowest BCUT2D eigenvalue weighted by Gasteiger charge is -2.06. The van der Waals surface area contributed by atoms with Gasteiger partial charge < -0.3 is 10.8 Å². The number of carbonyl (C=O) groups excluding carboxylic acids is 1. The van der Waals surface area contributed by atoms with Gasteiger partial charge in [-0.15, -0.1) is 15.3 Å². The van der Waals surface area contributed by atoms with E-state index in [9.17, 15) is 9.90 Å². The molecular formula is C48H41N19O2. The van der Waals surface area contributed by atoms with Crippen LogP contribution < -0.4 is 5.73 Å². The van der Waals surface area contributed by atoms with Gasteiger partial charge in [0.15, 0.2) is 22.7 Å². The van der Waals surface area contributed by atoms with E-state index in [4.69, 9.17) is 5.73 Å². The number of aliphatic hydroxyl groups excluding tert-OH is 1. The normalized spacial score (nSPS) is 12.2. The highest BCUT2D eigenvalue weighted by molar-refractivity contribution is 5.93. The minimum Gasteiger partial charge on any atom is -0.387 e. The van der Waals surface area contributed by atoms with Gasteiger partial charge in [0.05, 0.1) is 72.3 Å². The number of carbonyl (C=O) groups is 1. The Morgan fingerprint density at radius 1 is 0.536 bits per heavy atom. The van der Waals surface area contributed by atoms with Gasteiger partial charge in [0.25, 0.3) is 0 Å². The van der Waals surface area contributed by atoms with E-state index in [0.717, 1.165) is 55.1 Å². The topological polar surface area (TPSA) is 271 Å². The Kier molecular flexibility index (Phi) is 12.1. The molecule has 0 aliphatic carbocycles. The zero-order valence-corrected chi connectivity index (χ0v) is 37.4. The molecule has 3 N–H and O–H groups in total. The number of nitrogens with two attached hydrogens (primary N) is 1. The SMILES string of the molecule is CC(=O)c1cnc2nnn(Cc3ccc4ncccc4c3)c2n1.CC(N)c1cnc2nnn(Cc3ccc4ncccc4c3)c2n1.CC(O)c1cnc2nnn(Cc3ccc4ncccc4c3)c2n1. The molecule has 12 rings (SSSR count). The number of hydrogen-bond donors (Lipinski definition) is 2. The summed E-state index contributed by atoms with van der Waals surface area (Å²) in [5.41, 5.74) is 16.6. The van der Waals surface area contributed by atoms with Crippen LogP contribution in [0, 0.1) is 0 Å². The van der Waals surface area contributed by atoms with Crippen molar-refractivity contribution < 1.29 is 9.90 Å². The molecule has 69 heavy (non-hydrogen) atoms. The lowest BCUT2D eigenvalue weighted by atomic mass is 10.1. The Labute approximate surface area is 391 Å². The van der Waals surface area contributed by atoms with Gasteiger partial charge in [0.2, 0.25) is 16.9 Å². The van der Waals surface area contributed by atoms with Gasteiger partial charge in [-0.1, -0.05) is 52.0 Å². The van der Waals surface area contributed by atoms with Crippen LogP contribution in [0.1, 0.15) is 71.5 Å². The van der Waals surface area contributed by atoms with Crippen LogP contribution in [0.3, 0.4) is 0 Å². The summed E-state index contributed by atoms with van der Waals surface area (Å²) >= 11 is 0. The Balaban J connectivity index is 0.000000120. The molecule has 340 valence electrons. The molecule has 0 aliphatic rings. The van der Waals surface area contributed by atoms with E-state index in [1.54, 1.807) is 45.8 Å². The van der Waals surface area contributed by atoms with Gasteiger partial charge in [-0.05, 0) is 85.1 Å².